The molecule has 4 nitrogen and oxygen atoms in total. The quantitative estimate of drug-likeness (QED) is 0.316. The van der Waals surface area contributed by atoms with Crippen molar-refractivity contribution in [2.45, 2.75) is 33.6 Å². The molecule has 3 aromatic rings. The second-order valence-electron chi connectivity index (χ2n) is 8.97. The van der Waals surface area contributed by atoms with Gasteiger partial charge in [0.25, 0.3) is 0 Å². The molecule has 3 aromatic carbocycles. The predicted molar refractivity (Wildman–Crippen MR) is 150 cm³/mol. The van der Waals surface area contributed by atoms with Crippen LogP contribution < -0.4 is 4.90 Å². The van der Waals surface area contributed by atoms with E-state index < -0.39 is 0 Å². The average Bonchev–Trinajstić information content (AvgIpc) is 2.91. The first-order chi connectivity index (χ1) is 18.0. The van der Waals surface area contributed by atoms with Gasteiger partial charge in [0.05, 0.1) is 0 Å². The molecule has 0 unspecified atom stereocenters. The van der Waals surface area contributed by atoms with Crippen LogP contribution in [0.2, 0.25) is 0 Å². The molecular weight excluding hydrogens is 454 g/mol. The van der Waals surface area contributed by atoms with Gasteiger partial charge in [-0.25, -0.2) is 0 Å². The van der Waals surface area contributed by atoms with Gasteiger partial charge in [-0.1, -0.05) is 61.4 Å². The van der Waals surface area contributed by atoms with E-state index >= 15 is 0 Å². The third-order valence-electron chi connectivity index (χ3n) is 6.06. The van der Waals surface area contributed by atoms with Crippen molar-refractivity contribution in [1.82, 2.24) is 0 Å². The summed E-state index contributed by atoms with van der Waals surface area (Å²) in [6.07, 6.45) is 9.42. The maximum Gasteiger partial charge on any atom is 0.137 e. The van der Waals surface area contributed by atoms with Gasteiger partial charge in [-0.2, -0.15) is 10.5 Å². The van der Waals surface area contributed by atoms with Gasteiger partial charge in [0, 0.05) is 22.6 Å². The van der Waals surface area contributed by atoms with Gasteiger partial charge in [-0.15, -0.1) is 0 Å². The lowest BCUT2D eigenvalue weighted by atomic mass is 10.1. The maximum absolute atomic E-state index is 9.19. The van der Waals surface area contributed by atoms with E-state index in [1.54, 1.807) is 19.1 Å². The molecule has 1 heterocycles. The molecule has 0 atom stereocenters. The Balaban J connectivity index is 1.62. The number of benzene rings is 3. The third kappa shape index (κ3) is 6.26. The highest BCUT2D eigenvalue weighted by Crippen LogP contribution is 2.35. The third-order valence-corrected chi connectivity index (χ3v) is 6.06. The molecule has 0 N–H and O–H groups in total. The number of ether oxygens (including phenoxy) is 1. The molecule has 0 saturated heterocycles. The molecule has 1 aliphatic heterocycles. The van der Waals surface area contributed by atoms with E-state index in [-0.39, 0.29) is 5.57 Å². The van der Waals surface area contributed by atoms with E-state index in [0.29, 0.717) is 17.1 Å². The van der Waals surface area contributed by atoms with Crippen LogP contribution in [0.3, 0.4) is 0 Å². The summed E-state index contributed by atoms with van der Waals surface area (Å²) in [4.78, 5) is 2.26. The highest BCUT2D eigenvalue weighted by molar-refractivity contribution is 5.77. The fourth-order valence-corrected chi connectivity index (χ4v) is 4.19. The topological polar surface area (TPSA) is 60.0 Å². The Morgan fingerprint density at radius 2 is 1.35 bits per heavy atom. The molecule has 37 heavy (non-hydrogen) atoms. The Hall–Kier alpha value is -4.80. The number of anilines is 3. The van der Waals surface area contributed by atoms with E-state index in [1.165, 1.54) is 11.1 Å². The summed E-state index contributed by atoms with van der Waals surface area (Å²) < 4.78 is 5.77. The number of hydrogen-bond donors (Lipinski definition) is 0. The van der Waals surface area contributed by atoms with Gasteiger partial charge < -0.3 is 9.64 Å². The zero-order chi connectivity index (χ0) is 26.2. The van der Waals surface area contributed by atoms with Crippen molar-refractivity contribution in [2.24, 2.45) is 0 Å². The molecule has 0 saturated carbocycles. The Morgan fingerprint density at radius 1 is 0.784 bits per heavy atom. The van der Waals surface area contributed by atoms with Crippen LogP contribution in [0.25, 0.3) is 6.08 Å². The minimum Gasteiger partial charge on any atom is -0.462 e. The van der Waals surface area contributed by atoms with Crippen LogP contribution >= 0.6 is 0 Å². The van der Waals surface area contributed by atoms with Gasteiger partial charge in [-0.05, 0) is 86.0 Å². The van der Waals surface area contributed by atoms with Gasteiger partial charge in [0.2, 0.25) is 0 Å². The number of hydrogen-bond acceptors (Lipinski definition) is 4. The lowest BCUT2D eigenvalue weighted by molar-refractivity contribution is 0.318. The second-order valence-corrected chi connectivity index (χ2v) is 8.97. The van der Waals surface area contributed by atoms with E-state index in [9.17, 15) is 10.5 Å². The summed E-state index contributed by atoms with van der Waals surface area (Å²) in [5.41, 5.74) is 7.48. The zero-order valence-electron chi connectivity index (χ0n) is 21.4. The minimum atomic E-state index is 0.0665. The van der Waals surface area contributed by atoms with Crippen molar-refractivity contribution in [3.05, 3.63) is 130 Å². The molecule has 0 radical (unpaired) electrons. The van der Waals surface area contributed by atoms with Crippen LogP contribution in [0.1, 0.15) is 37.0 Å². The van der Waals surface area contributed by atoms with Gasteiger partial charge >= 0.3 is 0 Å². The van der Waals surface area contributed by atoms with E-state index in [4.69, 9.17) is 4.74 Å². The van der Waals surface area contributed by atoms with Crippen molar-refractivity contribution in [3.8, 4) is 12.1 Å². The molecule has 0 spiro atoms. The van der Waals surface area contributed by atoms with E-state index in [1.807, 2.05) is 24.3 Å². The highest BCUT2D eigenvalue weighted by atomic mass is 16.5. The number of allylic oxidation sites excluding steroid dienone is 6. The first kappa shape index (κ1) is 25.3. The number of aryl methyl sites for hydroxylation is 2. The molecule has 1 aliphatic rings. The molecule has 0 bridgehead atoms. The fourth-order valence-electron chi connectivity index (χ4n) is 4.19. The maximum atomic E-state index is 9.19. The standard InChI is InChI=1S/C33H29N3O/c1-4-5-26-8-15-31(16-9-26)36(30-13-6-24(2)7-14-30)32-17-10-27(11-18-32)12-19-33-21-28(20-25(3)37-33)29(22-34)23-35/h6-21H,4-5H2,1-3H3/b19-12+. The normalized spacial score (nSPS) is 12.7. The largest absolute Gasteiger partial charge is 0.462 e. The van der Waals surface area contributed by atoms with Crippen molar-refractivity contribution < 1.29 is 4.74 Å². The van der Waals surface area contributed by atoms with Crippen molar-refractivity contribution in [3.63, 3.8) is 0 Å². The second kappa shape index (κ2) is 11.8. The van der Waals surface area contributed by atoms with Crippen molar-refractivity contribution >= 4 is 23.1 Å². The van der Waals surface area contributed by atoms with E-state index in [2.05, 4.69) is 91.5 Å². The number of nitriles is 2. The Bertz CT molecular complexity index is 1440. The van der Waals surface area contributed by atoms with Crippen molar-refractivity contribution in [1.29, 1.82) is 10.5 Å². The lowest BCUT2D eigenvalue weighted by Crippen LogP contribution is -2.10. The SMILES string of the molecule is CCCc1ccc(N(c2ccc(C)cc2)c2ccc(/C=C/C3=CC(=C(C#N)C#N)C=C(C)O3)cc2)cc1. The van der Waals surface area contributed by atoms with Crippen molar-refractivity contribution in [2.75, 3.05) is 4.90 Å². The summed E-state index contributed by atoms with van der Waals surface area (Å²) in [6.45, 7) is 6.09. The Morgan fingerprint density at radius 3 is 1.92 bits per heavy atom. The summed E-state index contributed by atoms with van der Waals surface area (Å²) in [7, 11) is 0. The molecule has 4 heteroatoms. The summed E-state index contributed by atoms with van der Waals surface area (Å²) in [6, 6.07) is 29.6. The lowest BCUT2D eigenvalue weighted by Gasteiger charge is -2.26. The van der Waals surface area contributed by atoms with Crippen LogP contribution in [0, 0.1) is 29.6 Å². The summed E-state index contributed by atoms with van der Waals surface area (Å²) >= 11 is 0. The molecule has 182 valence electrons. The molecule has 0 aromatic heterocycles. The van der Waals surface area contributed by atoms with Gasteiger partial charge in [0.1, 0.15) is 29.2 Å². The van der Waals surface area contributed by atoms with Crippen LogP contribution in [0.4, 0.5) is 17.1 Å². The number of rotatable bonds is 7. The molecule has 0 amide bonds. The van der Waals surface area contributed by atoms with Crippen LogP contribution in [0.15, 0.2) is 114 Å². The van der Waals surface area contributed by atoms with Crippen LogP contribution in [0.5, 0.6) is 0 Å². The van der Waals surface area contributed by atoms with Crippen LogP contribution in [-0.2, 0) is 11.2 Å². The molecule has 4 rings (SSSR count). The monoisotopic (exact) mass is 483 g/mol. The van der Waals surface area contributed by atoms with E-state index in [0.717, 1.165) is 35.5 Å². The highest BCUT2D eigenvalue weighted by Gasteiger charge is 2.13. The van der Waals surface area contributed by atoms with Crippen LogP contribution in [-0.4, -0.2) is 0 Å². The fraction of sp³-hybridized carbons (Fsp3) is 0.152. The summed E-state index contributed by atoms with van der Waals surface area (Å²) in [5, 5.41) is 18.4. The van der Waals surface area contributed by atoms with Gasteiger partial charge in [0.15, 0.2) is 0 Å². The smallest absolute Gasteiger partial charge is 0.137 e. The van der Waals surface area contributed by atoms with Gasteiger partial charge in [-0.3, -0.25) is 0 Å². The molecular formula is C33H29N3O. The average molecular weight is 484 g/mol. The molecule has 0 fully saturated rings. The Kier molecular flexibility index (Phi) is 8.04. The first-order valence-corrected chi connectivity index (χ1v) is 12.4. The zero-order valence-corrected chi connectivity index (χ0v) is 21.4. The predicted octanol–water partition coefficient (Wildman–Crippen LogP) is 8.59. The minimum absolute atomic E-state index is 0.0665. The molecule has 0 aliphatic carbocycles. The Labute approximate surface area is 219 Å². The summed E-state index contributed by atoms with van der Waals surface area (Å²) in [5.74, 6) is 1.21. The first-order valence-electron chi connectivity index (χ1n) is 12.4. The number of nitrogens with zero attached hydrogens (tertiary/aromatic N) is 3.